The van der Waals surface area contributed by atoms with Gasteiger partial charge in [-0.15, -0.1) is 10.2 Å². The molecule has 2 saturated heterocycles. The molecule has 12 heteroatoms. The van der Waals surface area contributed by atoms with E-state index in [-0.39, 0.29) is 24.7 Å². The van der Waals surface area contributed by atoms with Crippen molar-refractivity contribution >= 4 is 23.4 Å². The van der Waals surface area contributed by atoms with Crippen LogP contribution in [-0.4, -0.2) is 67.5 Å². The molecule has 3 aliphatic carbocycles. The molecule has 0 atom stereocenters. The van der Waals surface area contributed by atoms with E-state index in [1.807, 2.05) is 31.2 Å². The Labute approximate surface area is 222 Å². The van der Waals surface area contributed by atoms with Crippen LogP contribution in [0.1, 0.15) is 36.5 Å². The van der Waals surface area contributed by atoms with Crippen molar-refractivity contribution < 1.29 is 13.2 Å². The Kier molecular flexibility index (Phi) is 4.35. The fourth-order valence-corrected chi connectivity index (χ4v) is 7.74. The van der Waals surface area contributed by atoms with Gasteiger partial charge < -0.3 is 9.80 Å². The number of halogens is 4. The molecular weight excluding hydrogens is 517 g/mol. The van der Waals surface area contributed by atoms with Gasteiger partial charge in [-0.1, -0.05) is 11.6 Å². The summed E-state index contributed by atoms with van der Waals surface area (Å²) in [6, 6.07) is 7.72. The Morgan fingerprint density at radius 3 is 2.39 bits per heavy atom. The summed E-state index contributed by atoms with van der Waals surface area (Å²) in [6.07, 6.45) is -1.85. The first-order chi connectivity index (χ1) is 18.1. The van der Waals surface area contributed by atoms with E-state index in [1.165, 1.54) is 0 Å². The first kappa shape index (κ1) is 23.0. The van der Waals surface area contributed by atoms with E-state index in [1.54, 1.807) is 6.20 Å². The lowest BCUT2D eigenvalue weighted by molar-refractivity contribution is -0.364. The maximum atomic E-state index is 13.6. The van der Waals surface area contributed by atoms with Gasteiger partial charge in [0, 0.05) is 54.9 Å². The van der Waals surface area contributed by atoms with Crippen molar-refractivity contribution in [3.8, 4) is 5.69 Å². The van der Waals surface area contributed by atoms with Gasteiger partial charge >= 0.3 is 6.18 Å². The number of benzene rings is 1. The number of aryl methyl sites for hydroxylation is 1. The van der Waals surface area contributed by atoms with Crippen molar-refractivity contribution in [3.05, 3.63) is 52.7 Å². The Balaban J connectivity index is 1.05. The zero-order chi connectivity index (χ0) is 26.1. The second kappa shape index (κ2) is 7.18. The monoisotopic (exact) mass is 542 g/mol. The van der Waals surface area contributed by atoms with Crippen LogP contribution in [0.25, 0.3) is 5.69 Å². The van der Waals surface area contributed by atoms with Gasteiger partial charge in [-0.3, -0.25) is 9.47 Å². The average molecular weight is 543 g/mol. The molecule has 0 radical (unpaired) electrons. The summed E-state index contributed by atoms with van der Waals surface area (Å²) < 4.78 is 42.8. The van der Waals surface area contributed by atoms with Crippen LogP contribution in [0.4, 0.5) is 24.9 Å². The minimum absolute atomic E-state index is 0.164. The lowest BCUT2D eigenvalue weighted by atomic mass is 9.38. The third-order valence-electron chi connectivity index (χ3n) is 9.44. The van der Waals surface area contributed by atoms with E-state index in [9.17, 15) is 13.2 Å². The summed E-state index contributed by atoms with van der Waals surface area (Å²) in [4.78, 5) is 15.5. The zero-order valence-electron chi connectivity index (χ0n) is 20.8. The van der Waals surface area contributed by atoms with Crippen LogP contribution in [0.2, 0.25) is 5.02 Å². The van der Waals surface area contributed by atoms with E-state index >= 15 is 0 Å². The molecule has 1 spiro atoms. The zero-order valence-corrected chi connectivity index (χ0v) is 21.6. The highest BCUT2D eigenvalue weighted by atomic mass is 35.5. The van der Waals surface area contributed by atoms with Gasteiger partial charge in [0.15, 0.2) is 5.82 Å². The van der Waals surface area contributed by atoms with Crippen molar-refractivity contribution in [3.63, 3.8) is 0 Å². The van der Waals surface area contributed by atoms with E-state index in [4.69, 9.17) is 11.6 Å². The van der Waals surface area contributed by atoms with Crippen LogP contribution < -0.4 is 9.80 Å². The van der Waals surface area contributed by atoms with Gasteiger partial charge in [-0.25, -0.2) is 9.97 Å². The van der Waals surface area contributed by atoms with Crippen LogP contribution in [0.15, 0.2) is 30.5 Å². The van der Waals surface area contributed by atoms with E-state index in [2.05, 4.69) is 39.4 Å². The maximum Gasteiger partial charge on any atom is 0.394 e. The molecule has 2 aromatic heterocycles. The largest absolute Gasteiger partial charge is 0.394 e. The molecule has 6 aliphatic rings. The molecule has 5 fully saturated rings. The van der Waals surface area contributed by atoms with Gasteiger partial charge in [0.1, 0.15) is 11.6 Å². The van der Waals surface area contributed by atoms with E-state index in [0.717, 1.165) is 60.8 Å². The summed E-state index contributed by atoms with van der Waals surface area (Å²) >= 11 is 6.38. The Morgan fingerprint density at radius 1 is 0.947 bits per heavy atom. The summed E-state index contributed by atoms with van der Waals surface area (Å²) in [5.74, 6) is 3.28. The smallest absolute Gasteiger partial charge is 0.355 e. The van der Waals surface area contributed by atoms with E-state index < -0.39 is 17.1 Å². The Morgan fingerprint density at radius 2 is 1.68 bits per heavy atom. The Bertz CT molecular complexity index is 1450. The fourth-order valence-electron chi connectivity index (χ4n) is 7.55. The molecule has 5 heterocycles. The maximum absolute atomic E-state index is 13.6. The van der Waals surface area contributed by atoms with Crippen LogP contribution in [0.5, 0.6) is 0 Å². The van der Waals surface area contributed by atoms with Gasteiger partial charge in [-0.2, -0.15) is 13.2 Å². The number of anilines is 2. The molecule has 0 amide bonds. The van der Waals surface area contributed by atoms with Crippen molar-refractivity contribution in [2.24, 2.45) is 10.8 Å². The van der Waals surface area contributed by atoms with Crippen LogP contribution in [-0.2, 0) is 13.1 Å². The van der Waals surface area contributed by atoms with Crippen molar-refractivity contribution in [1.82, 2.24) is 29.6 Å². The predicted octanol–water partition coefficient (Wildman–Crippen LogP) is 4.15. The lowest BCUT2D eigenvalue weighted by Crippen LogP contribution is -2.78. The molecule has 1 aromatic carbocycles. The quantitative estimate of drug-likeness (QED) is 0.493. The Hall–Kier alpha value is -2.92. The van der Waals surface area contributed by atoms with Crippen LogP contribution in [0.3, 0.4) is 0 Å². The molecule has 3 aliphatic heterocycles. The molecule has 3 saturated carbocycles. The normalized spacial score (nSPS) is 29.0. The van der Waals surface area contributed by atoms with Gasteiger partial charge in [0.2, 0.25) is 5.95 Å². The molecule has 198 valence electrons. The molecule has 9 rings (SSSR count). The van der Waals surface area contributed by atoms with Gasteiger partial charge in [0.05, 0.1) is 17.6 Å². The summed E-state index contributed by atoms with van der Waals surface area (Å²) in [5, 5.41) is 9.76. The third-order valence-corrected chi connectivity index (χ3v) is 9.67. The highest BCUT2D eigenvalue weighted by Gasteiger charge is 2.80. The topological polar surface area (TPSA) is 66.2 Å². The van der Waals surface area contributed by atoms with Gasteiger partial charge in [-0.05, 0) is 56.0 Å². The van der Waals surface area contributed by atoms with Crippen LogP contribution in [0, 0.1) is 17.8 Å². The highest BCUT2D eigenvalue weighted by Crippen LogP contribution is 2.75. The fraction of sp³-hybridized carbons (Fsp3) is 0.538. The van der Waals surface area contributed by atoms with E-state index in [0.29, 0.717) is 18.1 Å². The number of aromatic nitrogens is 5. The number of hydrogen-bond acceptors (Lipinski definition) is 7. The van der Waals surface area contributed by atoms with Crippen molar-refractivity contribution in [2.75, 3.05) is 36.0 Å². The number of rotatable bonds is 3. The molecule has 38 heavy (non-hydrogen) atoms. The number of hydrogen-bond donors (Lipinski definition) is 0. The molecule has 8 nitrogen and oxygen atoms in total. The van der Waals surface area contributed by atoms with Crippen molar-refractivity contribution in [2.45, 2.75) is 51.0 Å². The number of nitrogens with zero attached hydrogens (tertiary/aromatic N) is 8. The summed E-state index contributed by atoms with van der Waals surface area (Å²) in [5.41, 5.74) is 0.223. The molecule has 0 N–H and O–H groups in total. The highest BCUT2D eigenvalue weighted by molar-refractivity contribution is 6.30. The number of alkyl halides is 3. The van der Waals surface area contributed by atoms with Crippen LogP contribution >= 0.6 is 11.6 Å². The molecule has 3 aromatic rings. The first-order valence-corrected chi connectivity index (χ1v) is 13.3. The minimum Gasteiger partial charge on any atom is -0.355 e. The lowest BCUT2D eigenvalue weighted by Gasteiger charge is -2.73. The summed E-state index contributed by atoms with van der Waals surface area (Å²) in [7, 11) is 0. The summed E-state index contributed by atoms with van der Waals surface area (Å²) in [6.45, 7) is 6.52. The minimum atomic E-state index is -4.13. The molecule has 2 bridgehead atoms. The predicted molar refractivity (Wildman–Crippen MR) is 134 cm³/mol. The second-order valence-electron chi connectivity index (χ2n) is 12.1. The van der Waals surface area contributed by atoms with Gasteiger partial charge in [0.25, 0.3) is 0 Å². The molecule has 0 unspecified atom stereocenters. The average Bonchev–Trinajstić information content (AvgIpc) is 3.05. The number of fused-ring (bicyclic) bond motifs is 3. The first-order valence-electron chi connectivity index (χ1n) is 12.9. The second-order valence-corrected chi connectivity index (χ2v) is 12.5. The standard InChI is InChI=1S/C26H26ClF3N8/c1-16-31-5-4-20(32-16)35-12-23(13-35)14-36(15-23)22-34-33-21-8-37(25-9-24(10-25,11-25)26(28,29)30)7-17-6-18(27)2-3-19(17)38(21)22/h2-6H,7-15H2,1H3. The third kappa shape index (κ3) is 3.03. The SMILES string of the molecule is Cc1nccc(N2CC3(C2)CN(c2nnc4n2-c2ccc(Cl)cc2CN(C25CC(C(F)(F)F)(C2)C5)C4)C3)n1. The molecular formula is C26H26ClF3N8. The van der Waals surface area contributed by atoms with Crippen molar-refractivity contribution in [1.29, 1.82) is 0 Å².